The molecule has 2 N–H and O–H groups in total. The lowest BCUT2D eigenvalue weighted by Crippen LogP contribution is -2.37. The Morgan fingerprint density at radius 2 is 2.11 bits per heavy atom. The van der Waals surface area contributed by atoms with Crippen LogP contribution in [0.15, 0.2) is 29.6 Å². The molecule has 0 spiro atoms. The maximum Gasteiger partial charge on any atom is 0.273 e. The lowest BCUT2D eigenvalue weighted by atomic mass is 10.3. The second-order valence-electron chi connectivity index (χ2n) is 6.52. The third-order valence-corrected chi connectivity index (χ3v) is 5.00. The van der Waals surface area contributed by atoms with Crippen LogP contribution in [0.5, 0.6) is 0 Å². The summed E-state index contributed by atoms with van der Waals surface area (Å²) >= 11 is 1.22. The largest absolute Gasteiger partial charge is 0.383 e. The second-order valence-corrected chi connectivity index (χ2v) is 7.38. The monoisotopic (exact) mass is 406 g/mol. The topological polar surface area (TPSA) is 83.6 Å². The zero-order chi connectivity index (χ0) is 19.9. The van der Waals surface area contributed by atoms with E-state index in [1.165, 1.54) is 17.4 Å². The van der Waals surface area contributed by atoms with Crippen LogP contribution in [0.25, 0.3) is 0 Å². The molecule has 1 fully saturated rings. The number of hydrogen-bond acceptors (Lipinski definition) is 6. The number of nitrogens with zero attached hydrogens (tertiary/aromatic N) is 2. The lowest BCUT2D eigenvalue weighted by Gasteiger charge is -2.21. The van der Waals surface area contributed by atoms with Gasteiger partial charge in [-0.2, -0.15) is 0 Å². The lowest BCUT2D eigenvalue weighted by molar-refractivity contribution is -0.121. The highest BCUT2D eigenvalue weighted by Gasteiger charge is 2.24. The first-order valence-electron chi connectivity index (χ1n) is 9.11. The molecule has 2 aromatic rings. The van der Waals surface area contributed by atoms with E-state index in [0.29, 0.717) is 30.0 Å². The smallest absolute Gasteiger partial charge is 0.273 e. The Morgan fingerprint density at radius 3 is 2.82 bits per heavy atom. The Kier molecular flexibility index (Phi) is 6.94. The molecule has 150 valence electrons. The van der Waals surface area contributed by atoms with Gasteiger partial charge in [0.15, 0.2) is 5.13 Å². The van der Waals surface area contributed by atoms with E-state index in [9.17, 15) is 14.0 Å². The second kappa shape index (κ2) is 9.61. The summed E-state index contributed by atoms with van der Waals surface area (Å²) in [6.07, 6.45) is 2.28. The van der Waals surface area contributed by atoms with Crippen molar-refractivity contribution in [3.05, 3.63) is 41.2 Å². The van der Waals surface area contributed by atoms with E-state index in [1.54, 1.807) is 35.6 Å². The zero-order valence-corrected chi connectivity index (χ0v) is 16.4. The number of para-hydroxylation sites is 1. The number of rotatable bonds is 10. The number of anilines is 2. The van der Waals surface area contributed by atoms with E-state index in [1.807, 2.05) is 0 Å². The van der Waals surface area contributed by atoms with Crippen molar-refractivity contribution in [2.75, 3.05) is 32.1 Å². The molecule has 1 aliphatic rings. The Labute approximate surface area is 166 Å². The van der Waals surface area contributed by atoms with Crippen LogP contribution in [0, 0.1) is 5.82 Å². The minimum absolute atomic E-state index is 0.0575. The van der Waals surface area contributed by atoms with Gasteiger partial charge in [0.1, 0.15) is 11.5 Å². The van der Waals surface area contributed by atoms with Crippen molar-refractivity contribution in [3.8, 4) is 0 Å². The summed E-state index contributed by atoms with van der Waals surface area (Å²) in [7, 11) is 1.56. The van der Waals surface area contributed by atoms with Crippen LogP contribution in [-0.2, 0) is 9.53 Å². The molecule has 7 nitrogen and oxygen atoms in total. The van der Waals surface area contributed by atoms with Gasteiger partial charge < -0.3 is 20.3 Å². The molecule has 0 unspecified atom stereocenters. The molecule has 9 heteroatoms. The van der Waals surface area contributed by atoms with Crippen molar-refractivity contribution >= 4 is 34.0 Å². The van der Waals surface area contributed by atoms with Gasteiger partial charge in [-0.1, -0.05) is 12.1 Å². The predicted molar refractivity (Wildman–Crippen MR) is 105 cm³/mol. The van der Waals surface area contributed by atoms with Crippen molar-refractivity contribution in [1.82, 2.24) is 15.2 Å². The van der Waals surface area contributed by atoms with Gasteiger partial charge in [-0.3, -0.25) is 9.59 Å². The van der Waals surface area contributed by atoms with Gasteiger partial charge in [0, 0.05) is 38.0 Å². The Hall–Kier alpha value is -2.52. The molecular weight excluding hydrogens is 383 g/mol. The SMILES string of the molecule is COCCN(CCC(=O)NC1CC1)C(=O)c1csc(Nc2ccccc2F)n1. The maximum absolute atomic E-state index is 13.8. The minimum atomic E-state index is -0.394. The molecule has 0 saturated heterocycles. The fourth-order valence-electron chi connectivity index (χ4n) is 2.55. The van der Waals surface area contributed by atoms with Crippen molar-refractivity contribution in [3.63, 3.8) is 0 Å². The summed E-state index contributed by atoms with van der Waals surface area (Å²) in [6, 6.07) is 6.55. The number of carbonyl (C=O) groups is 2. The van der Waals surface area contributed by atoms with Crippen LogP contribution in [0.2, 0.25) is 0 Å². The van der Waals surface area contributed by atoms with Crippen molar-refractivity contribution in [1.29, 1.82) is 0 Å². The maximum atomic E-state index is 13.8. The number of carbonyl (C=O) groups excluding carboxylic acids is 2. The summed E-state index contributed by atoms with van der Waals surface area (Å²) < 4.78 is 18.8. The van der Waals surface area contributed by atoms with E-state index in [-0.39, 0.29) is 30.5 Å². The number of benzene rings is 1. The third kappa shape index (κ3) is 5.74. The Balaban J connectivity index is 1.61. The van der Waals surface area contributed by atoms with E-state index < -0.39 is 5.82 Å². The number of halogens is 1. The van der Waals surface area contributed by atoms with Gasteiger partial charge in [0.05, 0.1) is 12.3 Å². The molecule has 1 saturated carbocycles. The molecule has 1 aromatic carbocycles. The van der Waals surface area contributed by atoms with Crippen LogP contribution in [0.4, 0.5) is 15.2 Å². The van der Waals surface area contributed by atoms with Crippen molar-refractivity contribution in [2.45, 2.75) is 25.3 Å². The molecule has 2 amide bonds. The highest BCUT2D eigenvalue weighted by atomic mass is 32.1. The molecule has 0 aliphatic heterocycles. The van der Waals surface area contributed by atoms with E-state index >= 15 is 0 Å². The molecule has 1 aliphatic carbocycles. The number of methoxy groups -OCH3 is 1. The fourth-order valence-corrected chi connectivity index (χ4v) is 3.25. The van der Waals surface area contributed by atoms with Crippen molar-refractivity contribution in [2.24, 2.45) is 0 Å². The molecule has 28 heavy (non-hydrogen) atoms. The van der Waals surface area contributed by atoms with Gasteiger partial charge in [-0.05, 0) is 25.0 Å². The quantitative estimate of drug-likeness (QED) is 0.634. The number of ether oxygens (including phenoxy) is 1. The molecule has 0 bridgehead atoms. The summed E-state index contributed by atoms with van der Waals surface area (Å²) in [5, 5.41) is 7.84. The average Bonchev–Trinajstić information content (AvgIpc) is 3.37. The van der Waals surface area contributed by atoms with E-state index in [4.69, 9.17) is 4.74 Å². The molecule has 3 rings (SSSR count). The summed E-state index contributed by atoms with van der Waals surface area (Å²) in [5.41, 5.74) is 0.548. The van der Waals surface area contributed by atoms with Crippen molar-refractivity contribution < 1.29 is 18.7 Å². The zero-order valence-electron chi connectivity index (χ0n) is 15.6. The summed E-state index contributed by atoms with van der Waals surface area (Å²) in [4.78, 5) is 30.6. The molecular formula is C19H23FN4O3S. The normalized spacial score (nSPS) is 13.2. The van der Waals surface area contributed by atoms with Gasteiger partial charge in [-0.25, -0.2) is 9.37 Å². The van der Waals surface area contributed by atoms with Gasteiger partial charge in [0.2, 0.25) is 5.91 Å². The van der Waals surface area contributed by atoms with E-state index in [2.05, 4.69) is 15.6 Å². The first-order chi connectivity index (χ1) is 13.6. The van der Waals surface area contributed by atoms with Crippen LogP contribution in [-0.4, -0.2) is 54.5 Å². The van der Waals surface area contributed by atoms with Gasteiger partial charge >= 0.3 is 0 Å². The molecule has 0 radical (unpaired) electrons. The summed E-state index contributed by atoms with van der Waals surface area (Å²) in [5.74, 6) is -0.735. The predicted octanol–water partition coefficient (Wildman–Crippen LogP) is 2.78. The average molecular weight is 406 g/mol. The highest BCUT2D eigenvalue weighted by molar-refractivity contribution is 7.14. The number of aromatic nitrogens is 1. The van der Waals surface area contributed by atoms with Crippen LogP contribution < -0.4 is 10.6 Å². The van der Waals surface area contributed by atoms with E-state index in [0.717, 1.165) is 12.8 Å². The molecule has 1 heterocycles. The number of hydrogen-bond donors (Lipinski definition) is 2. The molecule has 0 atom stereocenters. The molecule has 1 aromatic heterocycles. The first-order valence-corrected chi connectivity index (χ1v) is 9.99. The Bertz CT molecular complexity index is 825. The van der Waals surface area contributed by atoms with Crippen LogP contribution in [0.3, 0.4) is 0 Å². The number of amides is 2. The fraction of sp³-hybridized carbons (Fsp3) is 0.421. The minimum Gasteiger partial charge on any atom is -0.383 e. The number of nitrogens with one attached hydrogen (secondary N) is 2. The van der Waals surface area contributed by atoms with Crippen LogP contribution in [0.1, 0.15) is 29.8 Å². The van der Waals surface area contributed by atoms with Gasteiger partial charge in [0.25, 0.3) is 5.91 Å². The first kappa shape index (κ1) is 20.2. The third-order valence-electron chi connectivity index (χ3n) is 4.24. The summed E-state index contributed by atoms with van der Waals surface area (Å²) in [6.45, 7) is 1.01. The van der Waals surface area contributed by atoms with Gasteiger partial charge in [-0.15, -0.1) is 11.3 Å². The standard InChI is InChI=1S/C19H23FN4O3S/c1-27-11-10-24(9-8-17(25)21-13-6-7-13)18(26)16-12-28-19(23-16)22-15-5-3-2-4-14(15)20/h2-5,12-13H,6-11H2,1H3,(H,21,25)(H,22,23). The van der Waals surface area contributed by atoms with Crippen LogP contribution >= 0.6 is 11.3 Å². The highest BCUT2D eigenvalue weighted by Crippen LogP contribution is 2.23. The number of thiazole rings is 1. The Morgan fingerprint density at radius 1 is 1.32 bits per heavy atom.